The lowest BCUT2D eigenvalue weighted by molar-refractivity contribution is 0.0697. The molecule has 1 aromatic heterocycles. The quantitative estimate of drug-likeness (QED) is 0.756. The standard InChI is InChI=1S/C15H18N4O2/c1-3-8-16-15-17-10(2)9-13(19-15)18-12-6-4-11(5-7-12)14(20)21/h4-7,9H,3,8H2,1-2H3,(H,20,21)(H2,16,17,18,19). The summed E-state index contributed by atoms with van der Waals surface area (Å²) < 4.78 is 0. The van der Waals surface area contributed by atoms with E-state index in [4.69, 9.17) is 5.11 Å². The number of nitrogens with zero attached hydrogens (tertiary/aromatic N) is 2. The van der Waals surface area contributed by atoms with Gasteiger partial charge in [-0.1, -0.05) is 6.92 Å². The Labute approximate surface area is 123 Å². The first kappa shape index (κ1) is 14.8. The molecule has 0 atom stereocenters. The van der Waals surface area contributed by atoms with Crippen LogP contribution in [0, 0.1) is 6.92 Å². The molecule has 2 rings (SSSR count). The second-order valence-electron chi connectivity index (χ2n) is 4.65. The number of aromatic carboxylic acids is 1. The molecule has 0 unspecified atom stereocenters. The molecule has 0 radical (unpaired) electrons. The van der Waals surface area contributed by atoms with Crippen LogP contribution in [0.3, 0.4) is 0 Å². The van der Waals surface area contributed by atoms with Gasteiger partial charge in [0, 0.05) is 24.0 Å². The normalized spacial score (nSPS) is 10.2. The van der Waals surface area contributed by atoms with Crippen LogP contribution >= 0.6 is 0 Å². The van der Waals surface area contributed by atoms with E-state index in [0.29, 0.717) is 11.8 Å². The maximum absolute atomic E-state index is 10.8. The highest BCUT2D eigenvalue weighted by Crippen LogP contribution is 2.17. The van der Waals surface area contributed by atoms with E-state index in [9.17, 15) is 4.79 Å². The lowest BCUT2D eigenvalue weighted by atomic mass is 10.2. The second-order valence-corrected chi connectivity index (χ2v) is 4.65. The number of benzene rings is 1. The third-order valence-electron chi connectivity index (χ3n) is 2.79. The van der Waals surface area contributed by atoms with Gasteiger partial charge in [0.25, 0.3) is 0 Å². The topological polar surface area (TPSA) is 87.1 Å². The van der Waals surface area contributed by atoms with Crippen LogP contribution in [0.15, 0.2) is 30.3 Å². The molecule has 0 saturated heterocycles. The van der Waals surface area contributed by atoms with Crippen LogP contribution in [0.25, 0.3) is 0 Å². The van der Waals surface area contributed by atoms with Crippen molar-refractivity contribution in [3.8, 4) is 0 Å². The molecular weight excluding hydrogens is 268 g/mol. The molecule has 6 heteroatoms. The van der Waals surface area contributed by atoms with Crippen LogP contribution in [0.5, 0.6) is 0 Å². The van der Waals surface area contributed by atoms with Gasteiger partial charge in [0.1, 0.15) is 5.82 Å². The molecule has 0 saturated carbocycles. The number of carboxylic acid groups (broad SMARTS) is 1. The molecule has 0 spiro atoms. The number of rotatable bonds is 6. The van der Waals surface area contributed by atoms with Gasteiger partial charge in [-0.05, 0) is 37.6 Å². The minimum atomic E-state index is -0.939. The van der Waals surface area contributed by atoms with Crippen molar-refractivity contribution in [2.75, 3.05) is 17.2 Å². The average Bonchev–Trinajstić information content (AvgIpc) is 2.45. The molecule has 0 amide bonds. The Bertz CT molecular complexity index is 626. The third kappa shape index (κ3) is 4.17. The summed E-state index contributed by atoms with van der Waals surface area (Å²) in [6.45, 7) is 4.79. The van der Waals surface area contributed by atoms with E-state index in [-0.39, 0.29) is 5.56 Å². The molecule has 3 N–H and O–H groups in total. The summed E-state index contributed by atoms with van der Waals surface area (Å²) in [6, 6.07) is 8.35. The van der Waals surface area contributed by atoms with E-state index in [1.54, 1.807) is 24.3 Å². The maximum atomic E-state index is 10.8. The largest absolute Gasteiger partial charge is 0.478 e. The van der Waals surface area contributed by atoms with E-state index in [1.807, 2.05) is 13.0 Å². The van der Waals surface area contributed by atoms with Crippen molar-refractivity contribution in [2.45, 2.75) is 20.3 Å². The first-order valence-electron chi connectivity index (χ1n) is 6.78. The fraction of sp³-hybridized carbons (Fsp3) is 0.267. The molecule has 110 valence electrons. The molecule has 0 fully saturated rings. The van der Waals surface area contributed by atoms with Gasteiger partial charge < -0.3 is 15.7 Å². The summed E-state index contributed by atoms with van der Waals surface area (Å²) in [5, 5.41) is 15.2. The van der Waals surface area contributed by atoms with Crippen molar-refractivity contribution < 1.29 is 9.90 Å². The molecule has 1 aromatic carbocycles. The smallest absolute Gasteiger partial charge is 0.335 e. The van der Waals surface area contributed by atoms with E-state index in [2.05, 4.69) is 27.5 Å². The van der Waals surface area contributed by atoms with Crippen LogP contribution in [0.1, 0.15) is 29.4 Å². The van der Waals surface area contributed by atoms with Crippen LogP contribution < -0.4 is 10.6 Å². The Morgan fingerprint density at radius 2 is 1.95 bits per heavy atom. The van der Waals surface area contributed by atoms with Crippen molar-refractivity contribution in [3.05, 3.63) is 41.6 Å². The van der Waals surface area contributed by atoms with Gasteiger partial charge in [-0.15, -0.1) is 0 Å². The first-order chi connectivity index (χ1) is 10.1. The number of nitrogens with one attached hydrogen (secondary N) is 2. The number of carbonyl (C=O) groups is 1. The lowest BCUT2D eigenvalue weighted by Gasteiger charge is -2.09. The van der Waals surface area contributed by atoms with E-state index >= 15 is 0 Å². The van der Waals surface area contributed by atoms with Crippen molar-refractivity contribution in [1.82, 2.24) is 9.97 Å². The second kappa shape index (κ2) is 6.69. The van der Waals surface area contributed by atoms with Gasteiger partial charge in [-0.3, -0.25) is 0 Å². The van der Waals surface area contributed by atoms with Gasteiger partial charge >= 0.3 is 5.97 Å². The molecule has 0 aliphatic carbocycles. The highest BCUT2D eigenvalue weighted by molar-refractivity contribution is 5.88. The molecular formula is C15H18N4O2. The fourth-order valence-electron chi connectivity index (χ4n) is 1.79. The summed E-state index contributed by atoms with van der Waals surface area (Å²) in [4.78, 5) is 19.5. The Balaban J connectivity index is 2.14. The third-order valence-corrected chi connectivity index (χ3v) is 2.79. The Morgan fingerprint density at radius 3 is 2.57 bits per heavy atom. The zero-order valence-electron chi connectivity index (χ0n) is 12.1. The SMILES string of the molecule is CCCNc1nc(C)cc(Nc2ccc(C(=O)O)cc2)n1. The summed E-state index contributed by atoms with van der Waals surface area (Å²) >= 11 is 0. The predicted molar refractivity (Wildman–Crippen MR) is 82.2 cm³/mol. The Morgan fingerprint density at radius 1 is 1.24 bits per heavy atom. The van der Waals surface area contributed by atoms with Crippen molar-refractivity contribution in [3.63, 3.8) is 0 Å². The van der Waals surface area contributed by atoms with Crippen molar-refractivity contribution >= 4 is 23.4 Å². The number of aryl methyl sites for hydroxylation is 1. The summed E-state index contributed by atoms with van der Waals surface area (Å²) in [7, 11) is 0. The number of hydrogen-bond acceptors (Lipinski definition) is 5. The van der Waals surface area contributed by atoms with Crippen LogP contribution in [-0.4, -0.2) is 27.6 Å². The fourth-order valence-corrected chi connectivity index (χ4v) is 1.79. The van der Waals surface area contributed by atoms with E-state index < -0.39 is 5.97 Å². The molecule has 0 bridgehead atoms. The van der Waals surface area contributed by atoms with Gasteiger partial charge in [-0.25, -0.2) is 9.78 Å². The maximum Gasteiger partial charge on any atom is 0.335 e. The molecule has 0 aliphatic heterocycles. The summed E-state index contributed by atoms with van der Waals surface area (Å²) in [6.07, 6.45) is 0.997. The van der Waals surface area contributed by atoms with E-state index in [0.717, 1.165) is 24.3 Å². The number of hydrogen-bond donors (Lipinski definition) is 3. The number of carboxylic acids is 1. The van der Waals surface area contributed by atoms with Crippen LogP contribution in [-0.2, 0) is 0 Å². The van der Waals surface area contributed by atoms with Gasteiger partial charge in [0.15, 0.2) is 0 Å². The van der Waals surface area contributed by atoms with Crippen molar-refractivity contribution in [1.29, 1.82) is 0 Å². The zero-order valence-corrected chi connectivity index (χ0v) is 12.1. The minimum absolute atomic E-state index is 0.254. The lowest BCUT2D eigenvalue weighted by Crippen LogP contribution is -2.07. The highest BCUT2D eigenvalue weighted by Gasteiger charge is 2.04. The zero-order chi connectivity index (χ0) is 15.2. The van der Waals surface area contributed by atoms with Crippen molar-refractivity contribution in [2.24, 2.45) is 0 Å². The molecule has 1 heterocycles. The predicted octanol–water partition coefficient (Wildman–Crippen LogP) is 3.05. The van der Waals surface area contributed by atoms with Gasteiger partial charge in [-0.2, -0.15) is 4.98 Å². The average molecular weight is 286 g/mol. The molecule has 2 aromatic rings. The summed E-state index contributed by atoms with van der Waals surface area (Å²) in [5.74, 6) is 0.316. The number of aromatic nitrogens is 2. The summed E-state index contributed by atoms with van der Waals surface area (Å²) in [5.41, 5.74) is 1.89. The highest BCUT2D eigenvalue weighted by atomic mass is 16.4. The molecule has 21 heavy (non-hydrogen) atoms. The Hall–Kier alpha value is -2.63. The monoisotopic (exact) mass is 286 g/mol. The first-order valence-corrected chi connectivity index (χ1v) is 6.78. The van der Waals surface area contributed by atoms with Crippen LogP contribution in [0.4, 0.5) is 17.5 Å². The minimum Gasteiger partial charge on any atom is -0.478 e. The molecule has 6 nitrogen and oxygen atoms in total. The van der Waals surface area contributed by atoms with Gasteiger partial charge in [0.05, 0.1) is 5.56 Å². The van der Waals surface area contributed by atoms with Crippen LogP contribution in [0.2, 0.25) is 0 Å². The molecule has 0 aliphatic rings. The Kier molecular flexibility index (Phi) is 4.71. The number of anilines is 3. The van der Waals surface area contributed by atoms with E-state index in [1.165, 1.54) is 0 Å². The van der Waals surface area contributed by atoms with Gasteiger partial charge in [0.2, 0.25) is 5.95 Å².